The molecule has 0 saturated heterocycles. The van der Waals surface area contributed by atoms with Crippen LogP contribution in [0.5, 0.6) is 11.5 Å². The van der Waals surface area contributed by atoms with Gasteiger partial charge in [0.05, 0.1) is 31.0 Å². The molecule has 19 heavy (non-hydrogen) atoms. The van der Waals surface area contributed by atoms with Crippen LogP contribution in [0, 0.1) is 0 Å². The molecule has 2 aromatic rings. The number of aromatic nitrogens is 1. The normalized spacial score (nSPS) is 10.2. The molecule has 0 aliphatic rings. The molecule has 0 aliphatic heterocycles. The van der Waals surface area contributed by atoms with Crippen molar-refractivity contribution >= 4 is 17.0 Å². The largest absolute Gasteiger partial charge is 0.494 e. The Morgan fingerprint density at radius 3 is 2.74 bits per heavy atom. The fourth-order valence-corrected chi connectivity index (χ4v) is 2.23. The highest BCUT2D eigenvalue weighted by Gasteiger charge is 2.06. The summed E-state index contributed by atoms with van der Waals surface area (Å²) < 4.78 is 11.1. The van der Waals surface area contributed by atoms with Crippen LogP contribution in [0.3, 0.4) is 0 Å². The maximum Gasteiger partial charge on any atom is 0.142 e. The maximum atomic E-state index is 5.61. The second-order valence-corrected chi connectivity index (χ2v) is 4.82. The summed E-state index contributed by atoms with van der Waals surface area (Å²) in [5, 5.41) is 3.36. The van der Waals surface area contributed by atoms with E-state index in [9.17, 15) is 0 Å². The first-order valence-electron chi connectivity index (χ1n) is 6.34. The van der Waals surface area contributed by atoms with Crippen molar-refractivity contribution in [2.24, 2.45) is 0 Å². The van der Waals surface area contributed by atoms with Gasteiger partial charge in [0.2, 0.25) is 0 Å². The molecule has 0 bridgehead atoms. The molecular formula is C14H18N2O2S. The highest BCUT2D eigenvalue weighted by atomic mass is 32.1. The monoisotopic (exact) mass is 278 g/mol. The molecule has 1 N–H and O–H groups in total. The zero-order valence-corrected chi connectivity index (χ0v) is 12.0. The van der Waals surface area contributed by atoms with Crippen molar-refractivity contribution in [1.29, 1.82) is 0 Å². The molecule has 4 nitrogen and oxygen atoms in total. The predicted octanol–water partition coefficient (Wildman–Crippen LogP) is 3.55. The van der Waals surface area contributed by atoms with Crippen LogP contribution in [0.15, 0.2) is 29.9 Å². The van der Waals surface area contributed by atoms with E-state index in [2.05, 4.69) is 10.3 Å². The minimum absolute atomic E-state index is 0.642. The summed E-state index contributed by atoms with van der Waals surface area (Å²) in [6, 6.07) is 5.82. The van der Waals surface area contributed by atoms with Gasteiger partial charge in [0.15, 0.2) is 0 Å². The second-order valence-electron chi connectivity index (χ2n) is 3.85. The van der Waals surface area contributed by atoms with Gasteiger partial charge in [0.1, 0.15) is 11.5 Å². The molecule has 1 aromatic heterocycles. The van der Waals surface area contributed by atoms with Gasteiger partial charge in [-0.3, -0.25) is 4.98 Å². The van der Waals surface area contributed by atoms with Crippen LogP contribution < -0.4 is 14.8 Å². The molecule has 1 aromatic carbocycles. The molecule has 0 radical (unpaired) electrons. The number of rotatable bonds is 7. The Bertz CT molecular complexity index is 500. The lowest BCUT2D eigenvalue weighted by Gasteiger charge is -2.13. The van der Waals surface area contributed by atoms with E-state index in [1.54, 1.807) is 11.3 Å². The molecule has 0 unspecified atom stereocenters. The zero-order chi connectivity index (χ0) is 13.5. The fourth-order valence-electron chi connectivity index (χ4n) is 1.70. The van der Waals surface area contributed by atoms with Gasteiger partial charge in [0, 0.05) is 17.1 Å². The van der Waals surface area contributed by atoms with Crippen molar-refractivity contribution in [3.63, 3.8) is 0 Å². The summed E-state index contributed by atoms with van der Waals surface area (Å²) in [5.41, 5.74) is 2.78. The Morgan fingerprint density at radius 1 is 1.21 bits per heavy atom. The number of anilines is 1. The van der Waals surface area contributed by atoms with E-state index in [0.29, 0.717) is 13.2 Å². The molecule has 2 rings (SSSR count). The Balaban J connectivity index is 2.11. The topological polar surface area (TPSA) is 43.4 Å². The number of thiazole rings is 1. The second kappa shape index (κ2) is 6.99. The Hall–Kier alpha value is -1.75. The van der Waals surface area contributed by atoms with Crippen LogP contribution in [-0.4, -0.2) is 18.2 Å². The average Bonchev–Trinajstić information content (AvgIpc) is 2.92. The molecule has 0 amide bonds. The Morgan fingerprint density at radius 2 is 2.05 bits per heavy atom. The number of hydrogen-bond acceptors (Lipinski definition) is 5. The molecular weight excluding hydrogens is 260 g/mol. The third-order valence-electron chi connectivity index (χ3n) is 2.50. The molecule has 5 heteroatoms. The highest BCUT2D eigenvalue weighted by Crippen LogP contribution is 2.30. The van der Waals surface area contributed by atoms with Crippen molar-refractivity contribution in [3.05, 3.63) is 34.8 Å². The van der Waals surface area contributed by atoms with E-state index in [1.807, 2.05) is 43.8 Å². The number of nitrogens with zero attached hydrogens (tertiary/aromatic N) is 1. The summed E-state index contributed by atoms with van der Waals surface area (Å²) in [5.74, 6) is 1.69. The van der Waals surface area contributed by atoms with Crippen LogP contribution in [0.4, 0.5) is 5.69 Å². The fraction of sp³-hybridized carbons (Fsp3) is 0.357. The lowest BCUT2D eigenvalue weighted by molar-refractivity contribution is 0.332. The van der Waals surface area contributed by atoms with Crippen LogP contribution in [0.25, 0.3) is 0 Å². The van der Waals surface area contributed by atoms with Crippen LogP contribution in [0.2, 0.25) is 0 Å². The first-order chi connectivity index (χ1) is 9.33. The molecule has 102 valence electrons. The van der Waals surface area contributed by atoms with Gasteiger partial charge in [-0.1, -0.05) is 0 Å². The van der Waals surface area contributed by atoms with E-state index < -0.39 is 0 Å². The van der Waals surface area contributed by atoms with Crippen molar-refractivity contribution < 1.29 is 9.47 Å². The third kappa shape index (κ3) is 3.86. The Labute approximate surface area is 117 Å². The van der Waals surface area contributed by atoms with Crippen molar-refractivity contribution in [2.75, 3.05) is 18.5 Å². The Kier molecular flexibility index (Phi) is 5.03. The average molecular weight is 278 g/mol. The quantitative estimate of drug-likeness (QED) is 0.841. The van der Waals surface area contributed by atoms with E-state index in [-0.39, 0.29) is 0 Å². The summed E-state index contributed by atoms with van der Waals surface area (Å²) in [6.07, 6.45) is 1.87. The maximum absolute atomic E-state index is 5.61. The first kappa shape index (κ1) is 13.7. The highest BCUT2D eigenvalue weighted by molar-refractivity contribution is 7.09. The first-order valence-corrected chi connectivity index (χ1v) is 7.22. The van der Waals surface area contributed by atoms with Gasteiger partial charge in [-0.25, -0.2) is 0 Å². The molecule has 0 saturated carbocycles. The van der Waals surface area contributed by atoms with Crippen molar-refractivity contribution in [3.8, 4) is 11.5 Å². The van der Waals surface area contributed by atoms with Crippen molar-refractivity contribution in [2.45, 2.75) is 20.4 Å². The van der Waals surface area contributed by atoms with E-state index in [0.717, 1.165) is 23.7 Å². The van der Waals surface area contributed by atoms with Gasteiger partial charge in [-0.15, -0.1) is 11.3 Å². The minimum atomic E-state index is 0.642. The molecule has 0 atom stereocenters. The number of nitrogens with one attached hydrogen (secondary N) is 1. The van der Waals surface area contributed by atoms with Gasteiger partial charge in [0.25, 0.3) is 0 Å². The minimum Gasteiger partial charge on any atom is -0.494 e. The summed E-state index contributed by atoms with van der Waals surface area (Å²) >= 11 is 1.63. The smallest absolute Gasteiger partial charge is 0.142 e. The summed E-state index contributed by atoms with van der Waals surface area (Å²) in [6.45, 7) is 5.98. The summed E-state index contributed by atoms with van der Waals surface area (Å²) in [4.78, 5) is 5.25. The number of ether oxygens (including phenoxy) is 2. The van der Waals surface area contributed by atoms with Crippen LogP contribution in [0.1, 0.15) is 18.7 Å². The van der Waals surface area contributed by atoms with E-state index >= 15 is 0 Å². The predicted molar refractivity (Wildman–Crippen MR) is 78.2 cm³/mol. The van der Waals surface area contributed by atoms with Gasteiger partial charge in [-0.2, -0.15) is 0 Å². The van der Waals surface area contributed by atoms with Gasteiger partial charge < -0.3 is 14.8 Å². The number of benzene rings is 1. The lowest BCUT2D eigenvalue weighted by Crippen LogP contribution is -2.02. The van der Waals surface area contributed by atoms with Gasteiger partial charge >= 0.3 is 0 Å². The van der Waals surface area contributed by atoms with Crippen LogP contribution in [-0.2, 0) is 6.54 Å². The molecule has 0 fully saturated rings. The standard InChI is InChI=1S/C14H18N2O2S/c1-3-17-11-5-6-14(18-4-2)13(7-11)16-9-12-8-15-10-19-12/h5-8,10,16H,3-4,9H2,1-2H3. The number of hydrogen-bond donors (Lipinski definition) is 1. The molecule has 0 aliphatic carbocycles. The van der Waals surface area contributed by atoms with E-state index in [1.165, 1.54) is 4.88 Å². The van der Waals surface area contributed by atoms with Gasteiger partial charge in [-0.05, 0) is 26.0 Å². The lowest BCUT2D eigenvalue weighted by atomic mass is 10.2. The molecule has 1 heterocycles. The third-order valence-corrected chi connectivity index (χ3v) is 3.28. The SMILES string of the molecule is CCOc1ccc(OCC)c(NCc2cncs2)c1. The van der Waals surface area contributed by atoms with Crippen LogP contribution >= 0.6 is 11.3 Å². The zero-order valence-electron chi connectivity index (χ0n) is 11.2. The van der Waals surface area contributed by atoms with Crippen molar-refractivity contribution in [1.82, 2.24) is 4.98 Å². The van der Waals surface area contributed by atoms with E-state index in [4.69, 9.17) is 9.47 Å². The molecule has 0 spiro atoms. The summed E-state index contributed by atoms with van der Waals surface area (Å²) in [7, 11) is 0.